The van der Waals surface area contributed by atoms with E-state index in [0.717, 1.165) is 6.42 Å². The Hall–Kier alpha value is -1.84. The van der Waals surface area contributed by atoms with Crippen LogP contribution in [-0.2, 0) is 20.7 Å². The van der Waals surface area contributed by atoms with Crippen molar-refractivity contribution in [3.63, 3.8) is 0 Å². The lowest BCUT2D eigenvalue weighted by Gasteiger charge is -2.16. The molecule has 1 amide bonds. The second-order valence-electron chi connectivity index (χ2n) is 4.53. The first kappa shape index (κ1) is 15.2. The van der Waals surface area contributed by atoms with Crippen LogP contribution in [0.2, 0.25) is 0 Å². The molecule has 0 fully saturated rings. The molecule has 19 heavy (non-hydrogen) atoms. The number of carbonyl (C=O) groups is 2. The van der Waals surface area contributed by atoms with Gasteiger partial charge >= 0.3 is 5.97 Å². The maximum atomic E-state index is 11.7. The number of rotatable bonds is 6. The van der Waals surface area contributed by atoms with E-state index in [-0.39, 0.29) is 12.3 Å². The Labute approximate surface area is 114 Å². The van der Waals surface area contributed by atoms with Crippen molar-refractivity contribution in [1.82, 2.24) is 4.90 Å². The van der Waals surface area contributed by atoms with E-state index >= 15 is 0 Å². The summed E-state index contributed by atoms with van der Waals surface area (Å²) in [5.41, 5.74) is 2.40. The van der Waals surface area contributed by atoms with E-state index in [1.54, 1.807) is 18.9 Å². The van der Waals surface area contributed by atoms with E-state index in [9.17, 15) is 9.59 Å². The number of hydrogen-bond acceptors (Lipinski definition) is 3. The van der Waals surface area contributed by atoms with Crippen LogP contribution in [0.5, 0.6) is 0 Å². The van der Waals surface area contributed by atoms with E-state index in [0.29, 0.717) is 13.2 Å². The van der Waals surface area contributed by atoms with Gasteiger partial charge in [0.2, 0.25) is 5.91 Å². The van der Waals surface area contributed by atoms with E-state index in [4.69, 9.17) is 4.74 Å². The second-order valence-corrected chi connectivity index (χ2v) is 4.53. The van der Waals surface area contributed by atoms with Crippen LogP contribution in [-0.4, -0.2) is 37.0 Å². The summed E-state index contributed by atoms with van der Waals surface area (Å²) in [6, 6.07) is 8.21. The van der Waals surface area contributed by atoms with Gasteiger partial charge in [0, 0.05) is 13.6 Å². The van der Waals surface area contributed by atoms with Gasteiger partial charge in [-0.2, -0.15) is 0 Å². The molecule has 1 rings (SSSR count). The van der Waals surface area contributed by atoms with Gasteiger partial charge in [-0.05, 0) is 25.8 Å². The number of benzene rings is 1. The average Bonchev–Trinajstić information content (AvgIpc) is 2.37. The lowest BCUT2D eigenvalue weighted by atomic mass is 10.1. The fraction of sp³-hybridized carbons (Fsp3) is 0.467. The molecule has 0 bridgehead atoms. The fourth-order valence-corrected chi connectivity index (χ4v) is 1.65. The zero-order chi connectivity index (χ0) is 14.3. The number of nitrogens with zero attached hydrogens (tertiary/aromatic N) is 1. The molecule has 0 aromatic heterocycles. The molecule has 4 nitrogen and oxygen atoms in total. The minimum Gasteiger partial charge on any atom is -0.466 e. The van der Waals surface area contributed by atoms with Gasteiger partial charge in [-0.3, -0.25) is 9.59 Å². The smallest absolute Gasteiger partial charge is 0.315 e. The average molecular weight is 263 g/mol. The van der Waals surface area contributed by atoms with E-state index in [2.05, 4.69) is 24.3 Å². The van der Waals surface area contributed by atoms with Crippen molar-refractivity contribution in [2.45, 2.75) is 26.7 Å². The minimum atomic E-state index is -0.463. The van der Waals surface area contributed by atoms with Crippen LogP contribution in [0, 0.1) is 6.92 Å². The van der Waals surface area contributed by atoms with E-state index in [1.165, 1.54) is 11.1 Å². The Morgan fingerprint density at radius 3 is 2.42 bits per heavy atom. The van der Waals surface area contributed by atoms with Gasteiger partial charge in [0.05, 0.1) is 6.61 Å². The quantitative estimate of drug-likeness (QED) is 0.582. The van der Waals surface area contributed by atoms with Crippen molar-refractivity contribution < 1.29 is 14.3 Å². The van der Waals surface area contributed by atoms with Gasteiger partial charge in [-0.25, -0.2) is 0 Å². The maximum absolute atomic E-state index is 11.7. The molecule has 0 aliphatic rings. The Morgan fingerprint density at radius 1 is 1.21 bits per heavy atom. The molecule has 0 saturated carbocycles. The van der Waals surface area contributed by atoms with Crippen LogP contribution in [0.3, 0.4) is 0 Å². The topological polar surface area (TPSA) is 46.6 Å². The molecule has 0 atom stereocenters. The molecule has 1 aromatic rings. The first-order valence-electron chi connectivity index (χ1n) is 6.48. The molecular formula is C15H21NO3. The van der Waals surface area contributed by atoms with Crippen molar-refractivity contribution in [3.05, 3.63) is 35.4 Å². The van der Waals surface area contributed by atoms with E-state index < -0.39 is 5.97 Å². The number of carbonyl (C=O) groups excluding carboxylic acids is 2. The number of likely N-dealkylation sites (N-methyl/N-ethyl adjacent to an activating group) is 1. The molecule has 0 saturated heterocycles. The molecule has 4 heteroatoms. The summed E-state index contributed by atoms with van der Waals surface area (Å²) in [6.07, 6.45) is 0.601. The van der Waals surface area contributed by atoms with Gasteiger partial charge in [-0.1, -0.05) is 29.8 Å². The number of aryl methyl sites for hydroxylation is 1. The van der Waals surface area contributed by atoms with Crippen molar-refractivity contribution in [2.75, 3.05) is 20.2 Å². The molecule has 0 aliphatic heterocycles. The van der Waals surface area contributed by atoms with Crippen LogP contribution in [0.4, 0.5) is 0 Å². The van der Waals surface area contributed by atoms with Crippen LogP contribution in [0.25, 0.3) is 0 Å². The molecule has 1 aromatic carbocycles. The van der Waals surface area contributed by atoms with Crippen LogP contribution in [0.1, 0.15) is 24.5 Å². The highest BCUT2D eigenvalue weighted by atomic mass is 16.5. The second kappa shape index (κ2) is 7.56. The molecule has 0 spiro atoms. The van der Waals surface area contributed by atoms with Crippen molar-refractivity contribution in [2.24, 2.45) is 0 Å². The monoisotopic (exact) mass is 263 g/mol. The molecule has 0 N–H and O–H groups in total. The van der Waals surface area contributed by atoms with Gasteiger partial charge in [-0.15, -0.1) is 0 Å². The third-order valence-corrected chi connectivity index (χ3v) is 2.88. The third-order valence-electron chi connectivity index (χ3n) is 2.88. The summed E-state index contributed by atoms with van der Waals surface area (Å²) < 4.78 is 4.75. The predicted octanol–water partition coefficient (Wildman–Crippen LogP) is 1.95. The molecular weight excluding hydrogens is 242 g/mol. The maximum Gasteiger partial charge on any atom is 0.315 e. The molecule has 0 radical (unpaired) electrons. The number of ether oxygens (including phenoxy) is 1. The Balaban J connectivity index is 2.38. The summed E-state index contributed by atoms with van der Waals surface area (Å²) >= 11 is 0. The highest BCUT2D eigenvalue weighted by Gasteiger charge is 2.14. The van der Waals surface area contributed by atoms with Crippen LogP contribution in [0.15, 0.2) is 24.3 Å². The van der Waals surface area contributed by atoms with E-state index in [1.807, 2.05) is 6.92 Å². The molecule has 0 aliphatic carbocycles. The normalized spacial score (nSPS) is 10.1. The van der Waals surface area contributed by atoms with Crippen molar-refractivity contribution in [1.29, 1.82) is 0 Å². The van der Waals surface area contributed by atoms with Gasteiger partial charge < -0.3 is 9.64 Å². The summed E-state index contributed by atoms with van der Waals surface area (Å²) in [4.78, 5) is 24.5. The highest BCUT2D eigenvalue weighted by molar-refractivity contribution is 5.94. The zero-order valence-electron chi connectivity index (χ0n) is 11.8. The summed E-state index contributed by atoms with van der Waals surface area (Å²) in [5, 5.41) is 0. The Bertz CT molecular complexity index is 426. The highest BCUT2D eigenvalue weighted by Crippen LogP contribution is 2.05. The number of esters is 1. The summed E-state index contributed by atoms with van der Waals surface area (Å²) in [7, 11) is 1.70. The van der Waals surface area contributed by atoms with Crippen molar-refractivity contribution in [3.8, 4) is 0 Å². The van der Waals surface area contributed by atoms with Crippen LogP contribution < -0.4 is 0 Å². The largest absolute Gasteiger partial charge is 0.466 e. The van der Waals surface area contributed by atoms with Gasteiger partial charge in [0.25, 0.3) is 0 Å². The SMILES string of the molecule is CCOC(=O)CC(=O)N(C)CCc1ccc(C)cc1. The Morgan fingerprint density at radius 2 is 1.84 bits per heavy atom. The lowest BCUT2D eigenvalue weighted by Crippen LogP contribution is -2.30. The number of amides is 1. The number of hydrogen-bond donors (Lipinski definition) is 0. The third kappa shape index (κ3) is 5.55. The zero-order valence-corrected chi connectivity index (χ0v) is 11.8. The first-order chi connectivity index (χ1) is 9.02. The molecule has 0 heterocycles. The standard InChI is InChI=1S/C15H21NO3/c1-4-19-15(18)11-14(17)16(3)10-9-13-7-5-12(2)6-8-13/h5-8H,4,9-11H2,1-3H3. The van der Waals surface area contributed by atoms with Gasteiger partial charge in [0.1, 0.15) is 6.42 Å². The van der Waals surface area contributed by atoms with Gasteiger partial charge in [0.15, 0.2) is 0 Å². The van der Waals surface area contributed by atoms with Crippen LogP contribution >= 0.6 is 0 Å². The molecule has 0 unspecified atom stereocenters. The first-order valence-corrected chi connectivity index (χ1v) is 6.48. The fourth-order valence-electron chi connectivity index (χ4n) is 1.65. The minimum absolute atomic E-state index is 0.182. The molecule has 104 valence electrons. The lowest BCUT2D eigenvalue weighted by molar-refractivity contribution is -0.148. The predicted molar refractivity (Wildman–Crippen MR) is 73.8 cm³/mol. The summed E-state index contributed by atoms with van der Waals surface area (Å²) in [6.45, 7) is 4.67. The Kier molecular flexibility index (Phi) is 6.06. The van der Waals surface area contributed by atoms with Crippen molar-refractivity contribution >= 4 is 11.9 Å². The summed E-state index contributed by atoms with van der Waals surface area (Å²) in [5.74, 6) is -0.666.